The number of nitrogens with zero attached hydrogens (tertiary/aromatic N) is 2. The first-order valence-corrected chi connectivity index (χ1v) is 14.3. The first-order valence-electron chi connectivity index (χ1n) is 10.8. The summed E-state index contributed by atoms with van der Waals surface area (Å²) >= 11 is 0. The van der Waals surface area contributed by atoms with Crippen molar-refractivity contribution in [1.29, 1.82) is 0 Å². The number of hydrogen-bond acceptors (Lipinski definition) is 8. The number of aromatic nitrogens is 3. The zero-order valence-corrected chi connectivity index (χ0v) is 20.3. The number of nitrogens with one attached hydrogen (secondary N) is 3. The number of aromatic amines is 1. The highest BCUT2D eigenvalue weighted by Crippen LogP contribution is 2.30. The van der Waals surface area contributed by atoms with E-state index in [0.717, 1.165) is 12.1 Å². The van der Waals surface area contributed by atoms with Crippen LogP contribution in [-0.4, -0.2) is 60.9 Å². The van der Waals surface area contributed by atoms with Gasteiger partial charge in [0.05, 0.1) is 39.5 Å². The lowest BCUT2D eigenvalue weighted by molar-refractivity contribution is 0.103. The quantitative estimate of drug-likeness (QED) is 0.378. The van der Waals surface area contributed by atoms with Crippen LogP contribution < -0.4 is 10.0 Å². The van der Waals surface area contributed by atoms with E-state index in [0.29, 0.717) is 12.8 Å². The second kappa shape index (κ2) is 9.49. The van der Waals surface area contributed by atoms with E-state index in [-0.39, 0.29) is 52.1 Å². The molecule has 2 aromatic heterocycles. The molecule has 0 bridgehead atoms. The van der Waals surface area contributed by atoms with Crippen LogP contribution in [0.4, 0.5) is 20.3 Å². The lowest BCUT2D eigenvalue weighted by atomic mass is 10.0. The predicted octanol–water partition coefficient (Wildman–Crippen LogP) is 2.61. The van der Waals surface area contributed by atoms with Crippen molar-refractivity contribution in [1.82, 2.24) is 15.0 Å². The molecule has 10 nitrogen and oxygen atoms in total. The van der Waals surface area contributed by atoms with Gasteiger partial charge in [0.25, 0.3) is 0 Å². The molecule has 3 heterocycles. The number of benzene rings is 1. The Bertz CT molecular complexity index is 1490. The number of carbonyl (C=O) groups excluding carboxylic acids is 1. The highest BCUT2D eigenvalue weighted by Gasteiger charge is 2.28. The van der Waals surface area contributed by atoms with Crippen molar-refractivity contribution in [3.8, 4) is 0 Å². The Balaban J connectivity index is 1.71. The van der Waals surface area contributed by atoms with Crippen LogP contribution in [0.3, 0.4) is 0 Å². The fraction of sp³-hybridized carbons (Fsp3) is 0.381. The summed E-state index contributed by atoms with van der Waals surface area (Å²) in [6.07, 6.45) is 3.43. The number of hydrogen-bond donors (Lipinski definition) is 3. The van der Waals surface area contributed by atoms with Crippen molar-refractivity contribution >= 4 is 48.2 Å². The third-order valence-electron chi connectivity index (χ3n) is 5.67. The van der Waals surface area contributed by atoms with E-state index in [1.54, 1.807) is 6.92 Å². The number of sulfone groups is 1. The molecule has 14 heteroatoms. The van der Waals surface area contributed by atoms with Crippen LogP contribution in [0.2, 0.25) is 0 Å². The number of ketones is 1. The van der Waals surface area contributed by atoms with Crippen LogP contribution >= 0.6 is 0 Å². The van der Waals surface area contributed by atoms with Crippen LogP contribution in [0.5, 0.6) is 0 Å². The Hall–Kier alpha value is -3.13. The van der Waals surface area contributed by atoms with Gasteiger partial charge in [-0.05, 0) is 31.4 Å². The number of carbonyl (C=O) groups is 1. The number of H-pyrrole nitrogens is 1. The van der Waals surface area contributed by atoms with E-state index < -0.39 is 48.5 Å². The maximum atomic E-state index is 15.2. The van der Waals surface area contributed by atoms with Gasteiger partial charge in [0.1, 0.15) is 33.4 Å². The fourth-order valence-corrected chi connectivity index (χ4v) is 6.56. The number of sulfonamides is 1. The molecule has 0 unspecified atom stereocenters. The third-order valence-corrected chi connectivity index (χ3v) is 8.86. The summed E-state index contributed by atoms with van der Waals surface area (Å²) in [5, 5.41) is 3.30. The number of fused-ring (bicyclic) bond motifs is 1. The molecule has 0 spiro atoms. The van der Waals surface area contributed by atoms with E-state index in [4.69, 9.17) is 0 Å². The molecule has 1 aliphatic rings. The van der Waals surface area contributed by atoms with Gasteiger partial charge < -0.3 is 10.3 Å². The first-order chi connectivity index (χ1) is 16.5. The Morgan fingerprint density at radius 1 is 1.20 bits per heavy atom. The van der Waals surface area contributed by atoms with Crippen molar-refractivity contribution in [2.45, 2.75) is 32.2 Å². The van der Waals surface area contributed by atoms with Crippen molar-refractivity contribution in [2.24, 2.45) is 0 Å². The largest absolute Gasteiger partial charge is 0.367 e. The van der Waals surface area contributed by atoms with Crippen LogP contribution in [-0.2, 0) is 19.9 Å². The summed E-state index contributed by atoms with van der Waals surface area (Å²) in [5.41, 5.74) is -1.37. The van der Waals surface area contributed by atoms with Gasteiger partial charge in [-0.2, -0.15) is 0 Å². The molecule has 1 aliphatic heterocycles. The van der Waals surface area contributed by atoms with Gasteiger partial charge in [-0.15, -0.1) is 0 Å². The number of anilines is 2. The summed E-state index contributed by atoms with van der Waals surface area (Å²) < 4.78 is 79.5. The van der Waals surface area contributed by atoms with Gasteiger partial charge in [-0.1, -0.05) is 6.92 Å². The molecule has 0 radical (unpaired) electrons. The lowest BCUT2D eigenvalue weighted by Crippen LogP contribution is -2.32. The molecule has 0 amide bonds. The van der Waals surface area contributed by atoms with E-state index in [1.165, 1.54) is 12.5 Å². The Labute approximate surface area is 200 Å². The third kappa shape index (κ3) is 5.27. The van der Waals surface area contributed by atoms with Gasteiger partial charge in [0.2, 0.25) is 15.8 Å². The second-order valence-corrected chi connectivity index (χ2v) is 12.4. The van der Waals surface area contributed by atoms with Crippen LogP contribution in [0.15, 0.2) is 24.7 Å². The number of rotatable bonds is 8. The Morgan fingerprint density at radius 2 is 1.91 bits per heavy atom. The van der Waals surface area contributed by atoms with E-state index in [9.17, 15) is 26.0 Å². The zero-order chi connectivity index (χ0) is 25.4. The van der Waals surface area contributed by atoms with E-state index in [2.05, 4.69) is 20.3 Å². The first kappa shape index (κ1) is 25.0. The van der Waals surface area contributed by atoms with Gasteiger partial charge in [0.15, 0.2) is 5.82 Å². The molecule has 0 aliphatic carbocycles. The molecule has 3 N–H and O–H groups in total. The van der Waals surface area contributed by atoms with Gasteiger partial charge in [0, 0.05) is 12.2 Å². The van der Waals surface area contributed by atoms with Crippen molar-refractivity contribution in [2.75, 3.05) is 27.3 Å². The summed E-state index contributed by atoms with van der Waals surface area (Å²) in [4.78, 5) is 24.3. The van der Waals surface area contributed by atoms with Gasteiger partial charge >= 0.3 is 0 Å². The maximum absolute atomic E-state index is 15.2. The van der Waals surface area contributed by atoms with Crippen molar-refractivity contribution in [3.63, 3.8) is 0 Å². The SMILES string of the molecule is CCCS(=O)(=O)Nc1ccc(F)c(C(=O)c2c[nH]c3ncnc(NC4CCS(=O)(=O)CC4)c23)c1F. The van der Waals surface area contributed by atoms with Crippen molar-refractivity contribution < 1.29 is 30.4 Å². The topological polar surface area (TPSA) is 151 Å². The summed E-state index contributed by atoms with van der Waals surface area (Å²) in [7, 11) is -6.98. The predicted molar refractivity (Wildman–Crippen MR) is 127 cm³/mol. The molecule has 4 rings (SSSR count). The lowest BCUT2D eigenvalue weighted by Gasteiger charge is -2.23. The van der Waals surface area contributed by atoms with E-state index >= 15 is 4.39 Å². The Morgan fingerprint density at radius 3 is 2.60 bits per heavy atom. The molecular weight excluding hydrogens is 504 g/mol. The minimum absolute atomic E-state index is 0.00890. The molecule has 0 atom stereocenters. The smallest absolute Gasteiger partial charge is 0.232 e. The minimum atomic E-state index is -3.89. The van der Waals surface area contributed by atoms with E-state index in [1.807, 2.05) is 4.72 Å². The molecule has 1 aromatic carbocycles. The second-order valence-electron chi connectivity index (χ2n) is 8.25. The van der Waals surface area contributed by atoms with Crippen LogP contribution in [0.1, 0.15) is 42.1 Å². The van der Waals surface area contributed by atoms with Gasteiger partial charge in [-0.25, -0.2) is 35.6 Å². The average Bonchev–Trinajstić information content (AvgIpc) is 3.22. The van der Waals surface area contributed by atoms with Crippen molar-refractivity contribution in [3.05, 3.63) is 47.4 Å². The highest BCUT2D eigenvalue weighted by molar-refractivity contribution is 7.92. The molecule has 35 heavy (non-hydrogen) atoms. The minimum Gasteiger partial charge on any atom is -0.367 e. The summed E-state index contributed by atoms with van der Waals surface area (Å²) in [6.45, 7) is 1.63. The molecule has 188 valence electrons. The molecule has 1 saturated heterocycles. The normalized spacial score (nSPS) is 16.3. The summed E-state index contributed by atoms with van der Waals surface area (Å²) in [5.74, 6) is -3.58. The molecular formula is C21H23F2N5O5S2. The summed E-state index contributed by atoms with van der Waals surface area (Å²) in [6, 6.07) is 1.49. The monoisotopic (exact) mass is 527 g/mol. The Kier molecular flexibility index (Phi) is 6.77. The fourth-order valence-electron chi connectivity index (χ4n) is 3.94. The zero-order valence-electron chi connectivity index (χ0n) is 18.6. The average molecular weight is 528 g/mol. The molecule has 1 fully saturated rings. The van der Waals surface area contributed by atoms with Crippen LogP contribution in [0, 0.1) is 11.6 Å². The van der Waals surface area contributed by atoms with Crippen LogP contribution in [0.25, 0.3) is 11.0 Å². The highest BCUT2D eigenvalue weighted by atomic mass is 32.2. The molecule has 0 saturated carbocycles. The van der Waals surface area contributed by atoms with Gasteiger partial charge in [-0.3, -0.25) is 9.52 Å². The maximum Gasteiger partial charge on any atom is 0.232 e. The number of halogens is 2. The molecule has 3 aromatic rings. The standard InChI is InChI=1S/C21H23F2N5O5S2/c1-2-7-35(32,33)28-15-4-3-14(22)17(18(15)23)19(29)13-10-24-20-16(13)21(26-11-25-20)27-12-5-8-34(30,31)9-6-12/h3-4,10-12,28H,2,5-9H2,1H3,(H2,24,25,26,27).